The minimum Gasteiger partial charge on any atom is -0.508 e. The Hall–Kier alpha value is -5.15. The molecule has 0 aliphatic carbocycles. The zero-order valence-electron chi connectivity index (χ0n) is 24.8. The second-order valence-electron chi connectivity index (χ2n) is 10.7. The summed E-state index contributed by atoms with van der Waals surface area (Å²) < 4.78 is 0. The number of carbonyl (C=O) groups excluding carboxylic acids is 3. The molecule has 0 bridgehead atoms. The molecule has 13 N–H and O–H groups in total. The third-order valence-electron chi connectivity index (χ3n) is 7.08. The lowest BCUT2D eigenvalue weighted by Gasteiger charge is -2.26. The van der Waals surface area contributed by atoms with Gasteiger partial charge in [0, 0.05) is 30.1 Å². The molecular formula is C30H40N8O7. The van der Waals surface area contributed by atoms with Crippen LogP contribution < -0.4 is 33.2 Å². The maximum absolute atomic E-state index is 13.4. The number of aliphatic carboxylic acids is 1. The Balaban J connectivity index is 1.71. The molecule has 0 saturated carbocycles. The fourth-order valence-corrected chi connectivity index (χ4v) is 4.67. The van der Waals surface area contributed by atoms with Crippen molar-refractivity contribution in [1.82, 2.24) is 20.9 Å². The fraction of sp³-hybridized carbons (Fsp3) is 0.367. The monoisotopic (exact) mass is 624 g/mol. The number of nitrogens with zero attached hydrogens (tertiary/aromatic N) is 1. The Kier molecular flexibility index (Phi) is 12.3. The van der Waals surface area contributed by atoms with Crippen LogP contribution in [-0.2, 0) is 32.0 Å². The van der Waals surface area contributed by atoms with Crippen LogP contribution in [0.4, 0.5) is 0 Å². The number of nitrogens with one attached hydrogen (secondary N) is 4. The maximum atomic E-state index is 13.4. The summed E-state index contributed by atoms with van der Waals surface area (Å²) in [6, 6.07) is 8.23. The first-order chi connectivity index (χ1) is 21.3. The van der Waals surface area contributed by atoms with E-state index in [-0.39, 0.29) is 43.9 Å². The van der Waals surface area contributed by atoms with E-state index in [1.165, 1.54) is 19.1 Å². The summed E-state index contributed by atoms with van der Waals surface area (Å²) in [4.78, 5) is 58.5. The van der Waals surface area contributed by atoms with E-state index >= 15 is 0 Å². The number of para-hydroxylation sites is 1. The third kappa shape index (κ3) is 10.2. The highest BCUT2D eigenvalue weighted by molar-refractivity contribution is 5.94. The molecule has 3 amide bonds. The average molecular weight is 625 g/mol. The van der Waals surface area contributed by atoms with Crippen molar-refractivity contribution in [2.24, 2.45) is 22.2 Å². The zero-order valence-corrected chi connectivity index (χ0v) is 24.8. The summed E-state index contributed by atoms with van der Waals surface area (Å²) >= 11 is 0. The number of aliphatic hydroxyl groups is 1. The highest BCUT2D eigenvalue weighted by Gasteiger charge is 2.33. The lowest BCUT2D eigenvalue weighted by Crippen LogP contribution is -2.60. The van der Waals surface area contributed by atoms with Gasteiger partial charge in [0.25, 0.3) is 0 Å². The molecular weight excluding hydrogens is 584 g/mol. The number of fused-ring (bicyclic) bond motifs is 1. The predicted octanol–water partition coefficient (Wildman–Crippen LogP) is -1.04. The second kappa shape index (κ2) is 16.1. The van der Waals surface area contributed by atoms with Gasteiger partial charge >= 0.3 is 5.97 Å². The van der Waals surface area contributed by atoms with Crippen LogP contribution in [0.25, 0.3) is 10.9 Å². The molecule has 15 heteroatoms. The number of benzene rings is 2. The van der Waals surface area contributed by atoms with Crippen molar-refractivity contribution in [1.29, 1.82) is 0 Å². The average Bonchev–Trinajstić information content (AvgIpc) is 3.40. The fourth-order valence-electron chi connectivity index (χ4n) is 4.67. The second-order valence-corrected chi connectivity index (χ2v) is 10.7. The van der Waals surface area contributed by atoms with E-state index in [1.54, 1.807) is 24.4 Å². The number of hydrogen-bond donors (Lipinski definition) is 10. The number of phenols is 1. The highest BCUT2D eigenvalue weighted by Crippen LogP contribution is 2.19. The minimum absolute atomic E-state index is 0.0484. The van der Waals surface area contributed by atoms with E-state index < -0.39 is 54.0 Å². The molecule has 1 heterocycles. The molecule has 242 valence electrons. The molecule has 0 spiro atoms. The van der Waals surface area contributed by atoms with Crippen molar-refractivity contribution >= 4 is 40.6 Å². The standard InChI is InChI=1S/C30H40N8O7/c1-16(39)25(28(43)37-24(29(44)45)14-18-15-35-22-6-3-2-5-20(18)22)38-27(42)23(7-4-12-34-30(32)33)36-26(41)21(31)13-17-8-10-19(40)11-9-17/h2-3,5-6,8-11,15-16,21,23-25,35,39-40H,4,7,12-14,31H2,1H3,(H,36,41)(H,37,43)(H,38,42)(H,44,45)(H4,32,33,34). The number of aromatic hydroxyl groups is 1. The van der Waals surface area contributed by atoms with E-state index in [9.17, 15) is 34.5 Å². The van der Waals surface area contributed by atoms with Crippen LogP contribution in [0.3, 0.4) is 0 Å². The molecule has 0 aliphatic rings. The van der Waals surface area contributed by atoms with Crippen molar-refractivity contribution in [3.05, 3.63) is 65.9 Å². The van der Waals surface area contributed by atoms with Gasteiger partial charge in [0.15, 0.2) is 5.96 Å². The number of amides is 3. The zero-order chi connectivity index (χ0) is 33.1. The molecule has 0 fully saturated rings. The van der Waals surface area contributed by atoms with E-state index in [4.69, 9.17) is 17.2 Å². The molecule has 0 radical (unpaired) electrons. The van der Waals surface area contributed by atoms with Crippen molar-refractivity contribution in [3.8, 4) is 5.75 Å². The van der Waals surface area contributed by atoms with Crippen LogP contribution in [-0.4, -0.2) is 86.8 Å². The van der Waals surface area contributed by atoms with Gasteiger partial charge in [-0.05, 0) is 55.5 Å². The lowest BCUT2D eigenvalue weighted by molar-refractivity contribution is -0.143. The predicted molar refractivity (Wildman–Crippen MR) is 167 cm³/mol. The van der Waals surface area contributed by atoms with Crippen molar-refractivity contribution in [3.63, 3.8) is 0 Å². The van der Waals surface area contributed by atoms with Crippen LogP contribution >= 0.6 is 0 Å². The lowest BCUT2D eigenvalue weighted by atomic mass is 10.0. The molecule has 1 aromatic heterocycles. The topological polar surface area (TPSA) is 271 Å². The summed E-state index contributed by atoms with van der Waals surface area (Å²) in [5, 5.41) is 37.9. The van der Waals surface area contributed by atoms with Crippen LogP contribution in [0, 0.1) is 0 Å². The summed E-state index contributed by atoms with van der Waals surface area (Å²) in [7, 11) is 0. The van der Waals surface area contributed by atoms with Gasteiger partial charge in [-0.2, -0.15) is 0 Å². The first kappa shape index (κ1) is 34.3. The number of H-pyrrole nitrogens is 1. The summed E-state index contributed by atoms with van der Waals surface area (Å²) in [5.74, 6) is -3.81. The molecule has 3 aromatic rings. The van der Waals surface area contributed by atoms with Crippen LogP contribution in [0.15, 0.2) is 59.7 Å². The Morgan fingerprint density at radius 2 is 1.58 bits per heavy atom. The molecule has 0 aliphatic heterocycles. The highest BCUT2D eigenvalue weighted by atomic mass is 16.4. The number of phenolic OH excluding ortho intramolecular Hbond substituents is 1. The summed E-state index contributed by atoms with van der Waals surface area (Å²) in [6.45, 7) is 1.41. The summed E-state index contributed by atoms with van der Waals surface area (Å²) in [5.41, 5.74) is 18.9. The molecule has 15 nitrogen and oxygen atoms in total. The Labute approximate surface area is 259 Å². The van der Waals surface area contributed by atoms with Gasteiger partial charge in [0.05, 0.1) is 12.1 Å². The molecule has 0 saturated heterocycles. The quantitative estimate of drug-likeness (QED) is 0.0525. The van der Waals surface area contributed by atoms with Gasteiger partial charge in [0.2, 0.25) is 17.7 Å². The number of carbonyl (C=O) groups is 4. The van der Waals surface area contributed by atoms with E-state index in [1.807, 2.05) is 18.2 Å². The van der Waals surface area contributed by atoms with Gasteiger partial charge in [-0.3, -0.25) is 19.4 Å². The SMILES string of the molecule is CC(O)C(NC(=O)C(CCCN=C(N)N)NC(=O)C(N)Cc1ccc(O)cc1)C(=O)NC(Cc1c[nH]c2ccccc12)C(=O)O. The largest absolute Gasteiger partial charge is 0.508 e. The molecule has 5 unspecified atom stereocenters. The van der Waals surface area contributed by atoms with E-state index in [2.05, 4.69) is 25.9 Å². The third-order valence-corrected chi connectivity index (χ3v) is 7.08. The Bertz CT molecular complexity index is 1500. The summed E-state index contributed by atoms with van der Waals surface area (Å²) in [6.07, 6.45) is 0.593. The van der Waals surface area contributed by atoms with Gasteiger partial charge in [-0.15, -0.1) is 0 Å². The Morgan fingerprint density at radius 3 is 2.22 bits per heavy atom. The van der Waals surface area contributed by atoms with Gasteiger partial charge in [-0.1, -0.05) is 30.3 Å². The first-order valence-corrected chi connectivity index (χ1v) is 14.3. The van der Waals surface area contributed by atoms with Crippen LogP contribution in [0.2, 0.25) is 0 Å². The molecule has 2 aromatic carbocycles. The van der Waals surface area contributed by atoms with Crippen molar-refractivity contribution < 1.29 is 34.5 Å². The maximum Gasteiger partial charge on any atom is 0.326 e. The van der Waals surface area contributed by atoms with E-state index in [0.29, 0.717) is 11.1 Å². The number of nitrogens with two attached hydrogens (primary N) is 3. The van der Waals surface area contributed by atoms with Crippen LogP contribution in [0.5, 0.6) is 5.75 Å². The number of aliphatic hydroxyl groups excluding tert-OH is 1. The number of aliphatic imine (C=N–C) groups is 1. The van der Waals surface area contributed by atoms with Gasteiger partial charge < -0.3 is 53.5 Å². The first-order valence-electron chi connectivity index (χ1n) is 14.3. The van der Waals surface area contributed by atoms with E-state index in [0.717, 1.165) is 10.9 Å². The number of guanidine groups is 1. The van der Waals surface area contributed by atoms with Crippen LogP contribution in [0.1, 0.15) is 30.9 Å². The van der Waals surface area contributed by atoms with Gasteiger partial charge in [-0.25, -0.2) is 4.79 Å². The van der Waals surface area contributed by atoms with Gasteiger partial charge in [0.1, 0.15) is 23.9 Å². The van der Waals surface area contributed by atoms with Crippen molar-refractivity contribution in [2.75, 3.05) is 6.54 Å². The molecule has 3 rings (SSSR count). The normalized spacial score (nSPS) is 14.4. The molecule has 5 atom stereocenters. The molecule has 45 heavy (non-hydrogen) atoms. The number of carboxylic acids is 1. The minimum atomic E-state index is -1.55. The Morgan fingerprint density at radius 1 is 0.911 bits per heavy atom. The number of carboxylic acid groups (broad SMARTS) is 1. The smallest absolute Gasteiger partial charge is 0.326 e. The number of rotatable bonds is 16. The van der Waals surface area contributed by atoms with Crippen molar-refractivity contribution in [2.45, 2.75) is 62.9 Å². The number of hydrogen-bond acceptors (Lipinski definition) is 8. The number of aromatic amines is 1. The number of aromatic nitrogens is 1.